The predicted octanol–water partition coefficient (Wildman–Crippen LogP) is 6.75. The highest BCUT2D eigenvalue weighted by Crippen LogP contribution is 2.34. The van der Waals surface area contributed by atoms with E-state index in [-0.39, 0.29) is 18.3 Å². The van der Waals surface area contributed by atoms with Crippen LogP contribution in [0.2, 0.25) is 36.3 Å². The Bertz CT molecular complexity index is 491. The summed E-state index contributed by atoms with van der Waals surface area (Å²) >= 11 is 0. The van der Waals surface area contributed by atoms with E-state index in [1.807, 2.05) is 0 Å². The van der Waals surface area contributed by atoms with Crippen LogP contribution in [-0.2, 0) is 31.3 Å². The molecule has 2 atom stereocenters. The second-order valence-electron chi connectivity index (χ2n) is 9.87. The Balaban J connectivity index is 6.15. The molecule has 0 aliphatic heterocycles. The maximum absolute atomic E-state index is 7.25. The molecule has 0 aliphatic carbocycles. The van der Waals surface area contributed by atoms with Crippen molar-refractivity contribution in [3.8, 4) is 0 Å². The van der Waals surface area contributed by atoms with Crippen LogP contribution < -0.4 is 0 Å². The monoisotopic (exact) mass is 554 g/mol. The molecule has 35 heavy (non-hydrogen) atoms. The summed E-state index contributed by atoms with van der Waals surface area (Å²) in [4.78, 5) is 0. The molecule has 10 heteroatoms. The van der Waals surface area contributed by atoms with Gasteiger partial charge in [-0.2, -0.15) is 0 Å². The molecule has 0 aromatic carbocycles. The van der Waals surface area contributed by atoms with Gasteiger partial charge in [-0.05, 0) is 73.5 Å². The summed E-state index contributed by atoms with van der Waals surface area (Å²) in [7, 11) is -7.87. The Morgan fingerprint density at radius 2 is 0.743 bits per heavy atom. The summed E-state index contributed by atoms with van der Waals surface area (Å²) in [6.07, 6.45) is 0.531. The summed E-state index contributed by atoms with van der Waals surface area (Å²) in [6.45, 7) is 26.2. The summed E-state index contributed by atoms with van der Waals surface area (Å²) in [5.41, 5.74) is 0. The van der Waals surface area contributed by atoms with Gasteiger partial charge in [-0.25, -0.2) is 0 Å². The lowest BCUT2D eigenvalue weighted by Crippen LogP contribution is -2.61. The first-order valence-electron chi connectivity index (χ1n) is 14.0. The van der Waals surface area contributed by atoms with E-state index in [0.717, 1.165) is 36.3 Å². The number of hydrogen-bond donors (Lipinski definition) is 0. The average Bonchev–Trinajstić information content (AvgIpc) is 2.78. The lowest BCUT2D eigenvalue weighted by molar-refractivity contribution is 0.0771. The van der Waals surface area contributed by atoms with Gasteiger partial charge in [0.15, 0.2) is 0 Å². The topological polar surface area (TPSA) is 64.6 Å². The number of hydrogen-bond acceptors (Lipinski definition) is 7. The quantitative estimate of drug-likeness (QED) is 0.129. The van der Waals surface area contributed by atoms with Crippen molar-refractivity contribution in [2.45, 2.75) is 131 Å². The third kappa shape index (κ3) is 14.2. The molecule has 2 unspecified atom stereocenters. The fourth-order valence-electron chi connectivity index (χ4n) is 4.01. The molecule has 0 aliphatic rings. The van der Waals surface area contributed by atoms with Crippen molar-refractivity contribution in [1.29, 1.82) is 0 Å². The molecule has 7 nitrogen and oxygen atoms in total. The average molecular weight is 555 g/mol. The van der Waals surface area contributed by atoms with Crippen LogP contribution in [0.3, 0.4) is 0 Å². The van der Waals surface area contributed by atoms with Crippen LogP contribution in [0.1, 0.15) is 76.2 Å². The van der Waals surface area contributed by atoms with Gasteiger partial charge >= 0.3 is 25.7 Å². The smallest absolute Gasteiger partial charge is 0.331 e. The Kier molecular flexibility index (Phi) is 18.8. The summed E-state index contributed by atoms with van der Waals surface area (Å²) < 4.78 is 45.3. The van der Waals surface area contributed by atoms with E-state index in [2.05, 4.69) is 76.2 Å². The van der Waals surface area contributed by atoms with Crippen LogP contribution in [0.25, 0.3) is 0 Å². The highest BCUT2D eigenvalue weighted by atomic mass is 28.5. The highest BCUT2D eigenvalue weighted by molar-refractivity contribution is 6.87. The van der Waals surface area contributed by atoms with Crippen LogP contribution in [-0.4, -0.2) is 77.0 Å². The predicted molar refractivity (Wildman–Crippen MR) is 152 cm³/mol. The van der Waals surface area contributed by atoms with E-state index in [9.17, 15) is 0 Å². The van der Waals surface area contributed by atoms with Crippen molar-refractivity contribution >= 4 is 25.7 Å². The SMILES string of the molecule is CCO[Si](CC)(CCOC(C)C)O[Si](CC)(CCOC(C)C)O[Si](CC)(CCOC(C)C)OCC. The molecule has 0 saturated heterocycles. The van der Waals surface area contributed by atoms with Crippen LogP contribution in [0, 0.1) is 0 Å². The van der Waals surface area contributed by atoms with Gasteiger partial charge < -0.3 is 31.3 Å². The minimum atomic E-state index is -2.74. The Morgan fingerprint density at radius 1 is 0.457 bits per heavy atom. The van der Waals surface area contributed by atoms with Gasteiger partial charge in [-0.15, -0.1) is 0 Å². The molecule has 0 N–H and O–H groups in total. The van der Waals surface area contributed by atoms with E-state index >= 15 is 0 Å². The summed E-state index contributed by atoms with van der Waals surface area (Å²) in [5, 5.41) is 0. The molecule has 0 aromatic heterocycles. The van der Waals surface area contributed by atoms with E-state index in [1.54, 1.807) is 0 Å². The molecule has 0 spiro atoms. The minimum absolute atomic E-state index is 0.164. The van der Waals surface area contributed by atoms with Crippen molar-refractivity contribution in [2.75, 3.05) is 33.0 Å². The zero-order chi connectivity index (χ0) is 27.0. The molecule has 212 valence electrons. The first-order chi connectivity index (χ1) is 16.5. The third-order valence-electron chi connectivity index (χ3n) is 5.98. The zero-order valence-corrected chi connectivity index (χ0v) is 27.9. The fraction of sp³-hybridized carbons (Fsp3) is 1.00. The van der Waals surface area contributed by atoms with Gasteiger partial charge in [0.25, 0.3) is 0 Å². The van der Waals surface area contributed by atoms with Gasteiger partial charge in [0.05, 0.1) is 18.3 Å². The van der Waals surface area contributed by atoms with Gasteiger partial charge in [-0.1, -0.05) is 20.8 Å². The Hall–Kier alpha value is 0.371. The van der Waals surface area contributed by atoms with Crippen molar-refractivity contribution in [2.24, 2.45) is 0 Å². The van der Waals surface area contributed by atoms with E-state index in [0.29, 0.717) is 33.0 Å². The second-order valence-corrected chi connectivity index (χ2v) is 21.2. The highest BCUT2D eigenvalue weighted by Gasteiger charge is 2.52. The normalized spacial score (nSPS) is 17.7. The first-order valence-corrected chi connectivity index (χ1v) is 20.7. The van der Waals surface area contributed by atoms with E-state index < -0.39 is 25.7 Å². The molecule has 0 amide bonds. The van der Waals surface area contributed by atoms with Gasteiger partial charge in [-0.3, -0.25) is 0 Å². The zero-order valence-electron chi connectivity index (χ0n) is 24.9. The summed E-state index contributed by atoms with van der Waals surface area (Å²) in [5.74, 6) is 0. The van der Waals surface area contributed by atoms with Gasteiger partial charge in [0.2, 0.25) is 0 Å². The van der Waals surface area contributed by atoms with Crippen molar-refractivity contribution in [3.05, 3.63) is 0 Å². The maximum Gasteiger partial charge on any atom is 0.331 e. The van der Waals surface area contributed by atoms with Gasteiger partial charge in [0, 0.05) is 51.2 Å². The van der Waals surface area contributed by atoms with Crippen molar-refractivity contribution in [1.82, 2.24) is 0 Å². The molecule has 0 heterocycles. The molecule has 0 saturated carbocycles. The Labute approximate surface area is 220 Å². The lowest BCUT2D eigenvalue weighted by Gasteiger charge is -2.45. The van der Waals surface area contributed by atoms with E-state index in [4.69, 9.17) is 31.3 Å². The molecule has 0 rings (SSSR count). The standard InChI is InChI=1S/C25H58O7Si3/c1-12-29-33(14-3,20-17-26-23(6)7)31-35(16-5,22-19-28-25(10)11)32-34(15-4,30-13-2)21-18-27-24(8)9/h23-25H,12-22H2,1-11H3. The van der Waals surface area contributed by atoms with Crippen molar-refractivity contribution in [3.63, 3.8) is 0 Å². The molecule has 0 fully saturated rings. The third-order valence-corrected chi connectivity index (χ3v) is 19.7. The maximum atomic E-state index is 7.25. The van der Waals surface area contributed by atoms with Crippen LogP contribution in [0.15, 0.2) is 0 Å². The molecule has 0 radical (unpaired) electrons. The number of rotatable bonds is 23. The second kappa shape index (κ2) is 18.6. The minimum Gasteiger partial charge on any atom is -0.415 e. The lowest BCUT2D eigenvalue weighted by atomic mass is 10.5. The van der Waals surface area contributed by atoms with Crippen LogP contribution in [0.5, 0.6) is 0 Å². The summed E-state index contributed by atoms with van der Waals surface area (Å²) in [6, 6.07) is 4.90. The molecular weight excluding hydrogens is 497 g/mol. The van der Waals surface area contributed by atoms with Crippen molar-refractivity contribution < 1.29 is 31.3 Å². The Morgan fingerprint density at radius 3 is 0.971 bits per heavy atom. The van der Waals surface area contributed by atoms with Crippen LogP contribution in [0.4, 0.5) is 0 Å². The van der Waals surface area contributed by atoms with Crippen LogP contribution >= 0.6 is 0 Å². The fourth-order valence-corrected chi connectivity index (χ4v) is 18.5. The van der Waals surface area contributed by atoms with E-state index in [1.165, 1.54) is 0 Å². The molecule has 0 aromatic rings. The molecule has 0 bridgehead atoms. The first kappa shape index (κ1) is 35.4. The molecular formula is C25H58O7Si3. The van der Waals surface area contributed by atoms with Gasteiger partial charge in [0.1, 0.15) is 0 Å². The number of ether oxygens (including phenoxy) is 3. The largest absolute Gasteiger partial charge is 0.415 e.